The molecule has 0 saturated carbocycles. The maximum absolute atomic E-state index is 11.5. The number of hydrogen-bond donors (Lipinski definition) is 1. The summed E-state index contributed by atoms with van der Waals surface area (Å²) < 4.78 is 0. The number of aromatic nitrogens is 3. The first-order valence-electron chi connectivity index (χ1n) is 12.4. The Balaban J connectivity index is 1.41. The second-order valence-corrected chi connectivity index (χ2v) is 9.67. The van der Waals surface area contributed by atoms with Crippen LogP contribution < -0.4 is 20.4 Å². The van der Waals surface area contributed by atoms with Gasteiger partial charge in [-0.05, 0) is 51.3 Å². The zero-order valence-corrected chi connectivity index (χ0v) is 20.7. The van der Waals surface area contributed by atoms with Crippen molar-refractivity contribution < 1.29 is 4.79 Å². The molecule has 182 valence electrons. The van der Waals surface area contributed by atoms with Crippen molar-refractivity contribution >= 4 is 23.5 Å². The van der Waals surface area contributed by atoms with Crippen molar-refractivity contribution in [3.63, 3.8) is 0 Å². The highest BCUT2D eigenvalue weighted by Crippen LogP contribution is 2.30. The molecule has 0 bridgehead atoms. The van der Waals surface area contributed by atoms with Gasteiger partial charge in [0.2, 0.25) is 11.9 Å². The van der Waals surface area contributed by atoms with Crippen LogP contribution in [0.3, 0.4) is 0 Å². The molecule has 0 aliphatic carbocycles. The highest BCUT2D eigenvalue weighted by atomic mass is 16.1. The Morgan fingerprint density at radius 2 is 1.77 bits per heavy atom. The summed E-state index contributed by atoms with van der Waals surface area (Å²) in [5, 5.41) is 0. The monoisotopic (exact) mass is 471 g/mol. The van der Waals surface area contributed by atoms with E-state index in [1.165, 1.54) is 18.4 Å². The van der Waals surface area contributed by atoms with Crippen molar-refractivity contribution in [2.75, 3.05) is 47.4 Å². The molecular formula is C27H33N7O. The number of anilines is 3. The number of nitrogens with zero attached hydrogens (tertiary/aromatic N) is 6. The van der Waals surface area contributed by atoms with Gasteiger partial charge in [0.1, 0.15) is 11.6 Å². The molecule has 35 heavy (non-hydrogen) atoms. The quantitative estimate of drug-likeness (QED) is 0.608. The first-order chi connectivity index (χ1) is 16.9. The average Bonchev–Trinajstić information content (AvgIpc) is 3.29. The van der Waals surface area contributed by atoms with Crippen molar-refractivity contribution in [1.82, 2.24) is 15.0 Å². The standard InChI is InChI=1S/C27H33N7O/c1-18-6-4-8-21(14-18)23-16-24(31-27(30-23)34-9-5-7-20(34)3)32-10-12-33(13-11-32)26-19(2)15-22(17-29-26)25(28)35/h4,6,8,14-17,20H,5,7,9-13H2,1-3H3,(H2,28,35). The number of aryl methyl sites for hydroxylation is 2. The third-order valence-electron chi connectivity index (χ3n) is 7.06. The fourth-order valence-electron chi connectivity index (χ4n) is 5.08. The van der Waals surface area contributed by atoms with E-state index in [9.17, 15) is 4.79 Å². The largest absolute Gasteiger partial charge is 0.366 e. The number of carbonyl (C=O) groups excluding carboxylic acids is 1. The molecule has 1 atom stereocenters. The minimum Gasteiger partial charge on any atom is -0.366 e. The minimum absolute atomic E-state index is 0.443. The lowest BCUT2D eigenvalue weighted by Crippen LogP contribution is -2.47. The van der Waals surface area contributed by atoms with Crippen LogP contribution in [-0.2, 0) is 0 Å². The number of pyridine rings is 1. The van der Waals surface area contributed by atoms with Crippen LogP contribution in [0.4, 0.5) is 17.6 Å². The highest BCUT2D eigenvalue weighted by Gasteiger charge is 2.26. The summed E-state index contributed by atoms with van der Waals surface area (Å²) in [4.78, 5) is 33.0. The van der Waals surface area contributed by atoms with Gasteiger partial charge in [-0.3, -0.25) is 4.79 Å². The Morgan fingerprint density at radius 3 is 2.43 bits per heavy atom. The van der Waals surface area contributed by atoms with Crippen molar-refractivity contribution in [2.24, 2.45) is 5.73 Å². The fourth-order valence-corrected chi connectivity index (χ4v) is 5.08. The van der Waals surface area contributed by atoms with Gasteiger partial charge in [-0.15, -0.1) is 0 Å². The summed E-state index contributed by atoms with van der Waals surface area (Å²) in [6.07, 6.45) is 3.92. The third kappa shape index (κ3) is 4.78. The Hall–Kier alpha value is -3.68. The van der Waals surface area contributed by atoms with Crippen molar-refractivity contribution in [1.29, 1.82) is 0 Å². The Kier molecular flexibility index (Phi) is 6.28. The topological polar surface area (TPSA) is 91.5 Å². The SMILES string of the molecule is Cc1cccc(-c2cc(N3CCN(c4ncc(C(N)=O)cc4C)CC3)nc(N3CCCC3C)n2)c1. The summed E-state index contributed by atoms with van der Waals surface area (Å²) in [6, 6.07) is 12.9. The number of primary amides is 1. The van der Waals surface area contributed by atoms with Crippen LogP contribution in [0.2, 0.25) is 0 Å². The van der Waals surface area contributed by atoms with Crippen molar-refractivity contribution in [2.45, 2.75) is 39.7 Å². The van der Waals surface area contributed by atoms with Crippen LogP contribution in [0.5, 0.6) is 0 Å². The molecule has 8 heteroatoms. The molecule has 2 aromatic heterocycles. The normalized spacial score (nSPS) is 18.3. The third-order valence-corrected chi connectivity index (χ3v) is 7.06. The summed E-state index contributed by atoms with van der Waals surface area (Å²) >= 11 is 0. The van der Waals surface area contributed by atoms with Gasteiger partial charge in [-0.2, -0.15) is 4.98 Å². The summed E-state index contributed by atoms with van der Waals surface area (Å²) in [6.45, 7) is 10.6. The molecule has 2 aliphatic rings. The highest BCUT2D eigenvalue weighted by molar-refractivity contribution is 5.92. The van der Waals surface area contributed by atoms with E-state index in [2.05, 4.69) is 63.9 Å². The molecule has 8 nitrogen and oxygen atoms in total. The van der Waals surface area contributed by atoms with Gasteiger partial charge >= 0.3 is 0 Å². The number of carbonyl (C=O) groups is 1. The summed E-state index contributed by atoms with van der Waals surface area (Å²) in [5.74, 6) is 2.25. The zero-order chi connectivity index (χ0) is 24.5. The van der Waals surface area contributed by atoms with E-state index in [1.54, 1.807) is 6.20 Å². The van der Waals surface area contributed by atoms with Crippen LogP contribution in [-0.4, -0.2) is 59.6 Å². The van der Waals surface area contributed by atoms with Gasteiger partial charge in [0.25, 0.3) is 0 Å². The van der Waals surface area contributed by atoms with Gasteiger partial charge in [0.05, 0.1) is 11.3 Å². The molecule has 0 spiro atoms. The molecule has 5 rings (SSSR count). The van der Waals surface area contributed by atoms with Crippen LogP contribution in [0.15, 0.2) is 42.6 Å². The Bertz CT molecular complexity index is 1240. The van der Waals surface area contributed by atoms with E-state index in [1.807, 2.05) is 13.0 Å². The van der Waals surface area contributed by atoms with Gasteiger partial charge < -0.3 is 20.4 Å². The zero-order valence-electron chi connectivity index (χ0n) is 20.7. The number of rotatable bonds is 5. The van der Waals surface area contributed by atoms with Crippen LogP contribution >= 0.6 is 0 Å². The predicted molar refractivity (Wildman–Crippen MR) is 140 cm³/mol. The number of hydrogen-bond acceptors (Lipinski definition) is 7. The second-order valence-electron chi connectivity index (χ2n) is 9.67. The van der Waals surface area contributed by atoms with Crippen LogP contribution in [0.25, 0.3) is 11.3 Å². The van der Waals surface area contributed by atoms with Gasteiger partial charge in [-0.1, -0.05) is 23.8 Å². The maximum Gasteiger partial charge on any atom is 0.250 e. The average molecular weight is 472 g/mol. The molecular weight excluding hydrogens is 438 g/mol. The molecule has 1 aromatic carbocycles. The fraction of sp³-hybridized carbons (Fsp3) is 0.407. The molecule has 2 aliphatic heterocycles. The molecule has 2 saturated heterocycles. The van der Waals surface area contributed by atoms with E-state index in [-0.39, 0.29) is 0 Å². The van der Waals surface area contributed by atoms with Crippen molar-refractivity contribution in [3.8, 4) is 11.3 Å². The van der Waals surface area contributed by atoms with E-state index < -0.39 is 5.91 Å². The lowest BCUT2D eigenvalue weighted by atomic mass is 10.1. The Morgan fingerprint density at radius 1 is 1.00 bits per heavy atom. The van der Waals surface area contributed by atoms with Gasteiger partial charge in [0, 0.05) is 56.6 Å². The first kappa shape index (κ1) is 23.1. The van der Waals surface area contributed by atoms with Crippen LogP contribution in [0.1, 0.15) is 41.3 Å². The number of amides is 1. The lowest BCUT2D eigenvalue weighted by Gasteiger charge is -2.37. The van der Waals surface area contributed by atoms with E-state index in [0.29, 0.717) is 11.6 Å². The molecule has 3 aromatic rings. The molecule has 4 heterocycles. The van der Waals surface area contributed by atoms with E-state index >= 15 is 0 Å². The Labute approximate surface area is 206 Å². The molecule has 1 amide bonds. The van der Waals surface area contributed by atoms with E-state index in [4.69, 9.17) is 15.7 Å². The lowest BCUT2D eigenvalue weighted by molar-refractivity contribution is 0.1000. The minimum atomic E-state index is -0.451. The molecule has 1 unspecified atom stereocenters. The molecule has 2 N–H and O–H groups in total. The van der Waals surface area contributed by atoms with E-state index in [0.717, 1.165) is 67.1 Å². The van der Waals surface area contributed by atoms with Crippen molar-refractivity contribution in [3.05, 3.63) is 59.3 Å². The predicted octanol–water partition coefficient (Wildman–Crippen LogP) is 3.57. The maximum atomic E-state index is 11.5. The number of benzene rings is 1. The van der Waals surface area contributed by atoms with Gasteiger partial charge in [0.15, 0.2) is 0 Å². The molecule has 0 radical (unpaired) electrons. The number of nitrogens with two attached hydrogens (primary N) is 1. The summed E-state index contributed by atoms with van der Waals surface area (Å²) in [5.41, 5.74) is 10.1. The summed E-state index contributed by atoms with van der Waals surface area (Å²) in [7, 11) is 0. The van der Waals surface area contributed by atoms with Crippen LogP contribution in [0, 0.1) is 13.8 Å². The van der Waals surface area contributed by atoms with Gasteiger partial charge in [-0.25, -0.2) is 9.97 Å². The number of piperazine rings is 1. The molecule has 2 fully saturated rings. The second kappa shape index (κ2) is 9.52. The first-order valence-corrected chi connectivity index (χ1v) is 12.4. The smallest absolute Gasteiger partial charge is 0.250 e.